The SMILES string of the molecule is F[B-](F)(F)CN1B(c2ccccc2)C=Cc2ccccc21. The minimum absolute atomic E-state index is 0.385. The van der Waals surface area contributed by atoms with Crippen molar-refractivity contribution >= 4 is 31.1 Å². The lowest BCUT2D eigenvalue weighted by molar-refractivity contribution is 0.472. The molecule has 0 spiro atoms. The average Bonchev–Trinajstić information content (AvgIpc) is 2.47. The summed E-state index contributed by atoms with van der Waals surface area (Å²) < 4.78 is 39.1. The number of halogens is 3. The summed E-state index contributed by atoms with van der Waals surface area (Å²) in [4.78, 5) is 1.44. The van der Waals surface area contributed by atoms with Gasteiger partial charge in [-0.15, -0.1) is 0 Å². The molecule has 1 aliphatic rings. The van der Waals surface area contributed by atoms with Gasteiger partial charge in [0.05, 0.1) is 0 Å². The summed E-state index contributed by atoms with van der Waals surface area (Å²) >= 11 is 0. The Morgan fingerprint density at radius 3 is 2.29 bits per heavy atom. The number of rotatable bonds is 3. The second kappa shape index (κ2) is 5.35. The Morgan fingerprint density at radius 2 is 1.57 bits per heavy atom. The van der Waals surface area contributed by atoms with Crippen LogP contribution in [-0.2, 0) is 0 Å². The monoisotopic (exact) mass is 286 g/mol. The van der Waals surface area contributed by atoms with Gasteiger partial charge >= 0.3 is 13.8 Å². The molecule has 0 atom stereocenters. The van der Waals surface area contributed by atoms with Crippen molar-refractivity contribution in [1.29, 1.82) is 0 Å². The average molecular weight is 286 g/mol. The molecule has 0 amide bonds. The Morgan fingerprint density at radius 1 is 0.905 bits per heavy atom. The normalized spacial score (nSPS) is 14.2. The van der Waals surface area contributed by atoms with Gasteiger partial charge in [-0.2, -0.15) is 0 Å². The van der Waals surface area contributed by atoms with Crippen molar-refractivity contribution in [3.63, 3.8) is 0 Å². The fourth-order valence-electron chi connectivity index (χ4n) is 2.71. The molecule has 6 heteroatoms. The zero-order valence-electron chi connectivity index (χ0n) is 11.3. The predicted octanol–water partition coefficient (Wildman–Crippen LogP) is 3.34. The van der Waals surface area contributed by atoms with Crippen LogP contribution in [0.25, 0.3) is 6.08 Å². The summed E-state index contributed by atoms with van der Waals surface area (Å²) in [7, 11) is 0. The number of anilines is 1. The number of benzene rings is 2. The van der Waals surface area contributed by atoms with E-state index in [0.717, 1.165) is 11.0 Å². The van der Waals surface area contributed by atoms with Crippen LogP contribution in [0.4, 0.5) is 18.6 Å². The lowest BCUT2D eigenvalue weighted by Crippen LogP contribution is -2.53. The van der Waals surface area contributed by atoms with E-state index in [4.69, 9.17) is 0 Å². The highest BCUT2D eigenvalue weighted by Crippen LogP contribution is 2.29. The highest BCUT2D eigenvalue weighted by Gasteiger charge is 2.34. The number of para-hydroxylation sites is 1. The van der Waals surface area contributed by atoms with Crippen LogP contribution in [0.2, 0.25) is 0 Å². The number of hydrogen-bond acceptors (Lipinski definition) is 1. The molecule has 1 heterocycles. The van der Waals surface area contributed by atoms with Gasteiger partial charge in [-0.25, -0.2) is 0 Å². The van der Waals surface area contributed by atoms with Crippen molar-refractivity contribution in [2.75, 3.05) is 11.3 Å². The third-order valence-corrected chi connectivity index (χ3v) is 3.58. The predicted molar refractivity (Wildman–Crippen MR) is 83.7 cm³/mol. The fourth-order valence-corrected chi connectivity index (χ4v) is 2.71. The molecule has 3 rings (SSSR count). The molecule has 0 fully saturated rings. The third-order valence-electron chi connectivity index (χ3n) is 3.58. The van der Waals surface area contributed by atoms with Crippen molar-refractivity contribution < 1.29 is 12.9 Å². The van der Waals surface area contributed by atoms with E-state index < -0.39 is 13.4 Å². The smallest absolute Gasteiger partial charge is 0.448 e. The van der Waals surface area contributed by atoms with Crippen molar-refractivity contribution in [3.8, 4) is 0 Å². The van der Waals surface area contributed by atoms with Crippen LogP contribution in [0.15, 0.2) is 60.6 Å². The zero-order valence-corrected chi connectivity index (χ0v) is 11.3. The van der Waals surface area contributed by atoms with E-state index in [1.165, 1.54) is 4.81 Å². The van der Waals surface area contributed by atoms with Gasteiger partial charge in [0.1, 0.15) is 0 Å². The standard InChI is InChI=1S/C15H13B2F3N/c18-17(19,20)12-21-15-9-5-4-6-13(15)10-11-16(21)14-7-2-1-3-8-14/h1-11H,12H2/q-1. The quantitative estimate of drug-likeness (QED) is 0.782. The zero-order chi connectivity index (χ0) is 14.9. The summed E-state index contributed by atoms with van der Waals surface area (Å²) in [5.41, 5.74) is 2.32. The van der Waals surface area contributed by atoms with Gasteiger partial charge in [0.25, 0.3) is 0 Å². The summed E-state index contributed by atoms with van der Waals surface area (Å²) in [5, 5.41) is 0. The maximum atomic E-state index is 13.0. The first-order chi connectivity index (χ1) is 10.0. The van der Waals surface area contributed by atoms with E-state index in [2.05, 4.69) is 0 Å². The minimum atomic E-state index is -4.90. The maximum absolute atomic E-state index is 13.0. The van der Waals surface area contributed by atoms with Crippen LogP contribution < -0.4 is 10.3 Å². The van der Waals surface area contributed by atoms with E-state index in [1.54, 1.807) is 12.1 Å². The van der Waals surface area contributed by atoms with E-state index in [9.17, 15) is 12.9 Å². The Balaban J connectivity index is 2.04. The van der Waals surface area contributed by atoms with Gasteiger partial charge in [0, 0.05) is 5.69 Å². The molecule has 0 aromatic heterocycles. The second-order valence-electron chi connectivity index (χ2n) is 5.14. The molecule has 0 bridgehead atoms. The van der Waals surface area contributed by atoms with E-state index >= 15 is 0 Å². The van der Waals surface area contributed by atoms with Crippen molar-refractivity contribution in [3.05, 3.63) is 66.1 Å². The minimum Gasteiger partial charge on any atom is -0.448 e. The van der Waals surface area contributed by atoms with Crippen molar-refractivity contribution in [2.24, 2.45) is 0 Å². The van der Waals surface area contributed by atoms with Crippen LogP contribution in [-0.4, -0.2) is 20.3 Å². The van der Waals surface area contributed by atoms with Gasteiger partial charge in [0.15, 0.2) is 0 Å². The molecule has 0 unspecified atom stereocenters. The molecule has 0 aliphatic carbocycles. The Labute approximate surface area is 122 Å². The second-order valence-corrected chi connectivity index (χ2v) is 5.14. The molecule has 1 aliphatic heterocycles. The number of hydrogen-bond donors (Lipinski definition) is 0. The summed E-state index contributed by atoms with van der Waals surface area (Å²) in [6.07, 6.45) is 0.994. The first-order valence-electron chi connectivity index (χ1n) is 6.84. The third kappa shape index (κ3) is 2.99. The number of nitrogens with zero attached hydrogens (tertiary/aromatic N) is 1. The first kappa shape index (κ1) is 13.9. The van der Waals surface area contributed by atoms with Gasteiger partial charge in [-0.1, -0.05) is 66.0 Å². The topological polar surface area (TPSA) is 3.24 Å². The Kier molecular flexibility index (Phi) is 3.53. The number of fused-ring (bicyclic) bond motifs is 1. The lowest BCUT2D eigenvalue weighted by Gasteiger charge is -2.37. The molecule has 2 aromatic carbocycles. The van der Waals surface area contributed by atoms with Gasteiger partial charge in [-0.05, 0) is 18.1 Å². The molecule has 0 saturated carbocycles. The van der Waals surface area contributed by atoms with Gasteiger partial charge in [0.2, 0.25) is 0 Å². The van der Waals surface area contributed by atoms with Gasteiger partial charge < -0.3 is 17.8 Å². The highest BCUT2D eigenvalue weighted by atomic mass is 19.4. The molecular formula is C15H13B2F3N-. The Bertz CT molecular complexity index is 655. The maximum Gasteiger partial charge on any atom is 0.495 e. The highest BCUT2D eigenvalue weighted by molar-refractivity contribution is 6.83. The summed E-state index contributed by atoms with van der Waals surface area (Å²) in [6, 6.07) is 16.5. The fraction of sp³-hybridized carbons (Fsp3) is 0.0667. The Hall–Kier alpha value is -2.10. The first-order valence-corrected chi connectivity index (χ1v) is 6.84. The molecule has 2 aromatic rings. The van der Waals surface area contributed by atoms with Crippen LogP contribution >= 0.6 is 0 Å². The summed E-state index contributed by atoms with van der Waals surface area (Å²) in [5.74, 6) is 1.83. The molecule has 106 valence electrons. The van der Waals surface area contributed by atoms with Crippen LogP contribution in [0.1, 0.15) is 5.56 Å². The van der Waals surface area contributed by atoms with E-state index in [0.29, 0.717) is 5.69 Å². The van der Waals surface area contributed by atoms with Gasteiger partial charge in [-0.3, -0.25) is 0 Å². The molecule has 1 nitrogen and oxygen atoms in total. The molecular weight excluding hydrogens is 273 g/mol. The van der Waals surface area contributed by atoms with E-state index in [-0.39, 0.29) is 6.85 Å². The molecule has 0 radical (unpaired) electrons. The van der Waals surface area contributed by atoms with Crippen LogP contribution in [0.5, 0.6) is 0 Å². The molecule has 0 saturated heterocycles. The van der Waals surface area contributed by atoms with Crippen molar-refractivity contribution in [2.45, 2.75) is 0 Å². The molecule has 0 N–H and O–H groups in total. The van der Waals surface area contributed by atoms with Crippen molar-refractivity contribution in [1.82, 2.24) is 0 Å². The van der Waals surface area contributed by atoms with Crippen LogP contribution in [0.3, 0.4) is 0 Å². The lowest BCUT2D eigenvalue weighted by atomic mass is 9.51. The van der Waals surface area contributed by atoms with E-state index in [1.807, 2.05) is 54.5 Å². The molecule has 21 heavy (non-hydrogen) atoms. The largest absolute Gasteiger partial charge is 0.495 e. The van der Waals surface area contributed by atoms with Crippen LogP contribution in [0, 0.1) is 0 Å². The summed E-state index contributed by atoms with van der Waals surface area (Å²) in [6.45, 7) is -5.28.